The highest BCUT2D eigenvalue weighted by Gasteiger charge is 2.04. The number of hydrogen-bond donors (Lipinski definition) is 1. The molecule has 0 unspecified atom stereocenters. The summed E-state index contributed by atoms with van der Waals surface area (Å²) in [5, 5.41) is 9.28. The van der Waals surface area contributed by atoms with Gasteiger partial charge in [-0.2, -0.15) is 0 Å². The zero-order valence-electron chi connectivity index (χ0n) is 7.89. The van der Waals surface area contributed by atoms with Gasteiger partial charge in [0.15, 0.2) is 0 Å². The molecule has 0 bridgehead atoms. The summed E-state index contributed by atoms with van der Waals surface area (Å²) < 4.78 is 0. The normalized spacial score (nSPS) is 12.1. The van der Waals surface area contributed by atoms with Crippen LogP contribution in [0.2, 0.25) is 0 Å². The van der Waals surface area contributed by atoms with Gasteiger partial charge in [0, 0.05) is 0 Å². The molecule has 0 aromatic carbocycles. The summed E-state index contributed by atoms with van der Waals surface area (Å²) in [5.74, 6) is 0. The van der Waals surface area contributed by atoms with E-state index in [4.69, 9.17) is 0 Å². The molecule has 0 radical (unpaired) electrons. The van der Waals surface area contributed by atoms with Crippen molar-refractivity contribution in [3.8, 4) is 0 Å². The van der Waals surface area contributed by atoms with Crippen molar-refractivity contribution >= 4 is 0 Å². The molecule has 0 aliphatic rings. The molecule has 1 N–H and O–H groups in total. The van der Waals surface area contributed by atoms with Crippen molar-refractivity contribution in [3.05, 3.63) is 23.8 Å². The van der Waals surface area contributed by atoms with Crippen molar-refractivity contribution in [1.82, 2.24) is 0 Å². The molecular weight excluding hydrogens is 136 g/mol. The van der Waals surface area contributed by atoms with Crippen LogP contribution in [-0.4, -0.2) is 10.7 Å². The van der Waals surface area contributed by atoms with E-state index in [0.717, 1.165) is 6.42 Å². The van der Waals surface area contributed by atoms with Gasteiger partial charge >= 0.3 is 0 Å². The van der Waals surface area contributed by atoms with Gasteiger partial charge in [-0.05, 0) is 34.1 Å². The van der Waals surface area contributed by atoms with E-state index in [0.29, 0.717) is 0 Å². The lowest BCUT2D eigenvalue weighted by Gasteiger charge is -2.09. The van der Waals surface area contributed by atoms with Crippen molar-refractivity contribution in [3.63, 3.8) is 0 Å². The van der Waals surface area contributed by atoms with Gasteiger partial charge in [-0.15, -0.1) is 0 Å². The molecule has 0 aromatic heterocycles. The monoisotopic (exact) mass is 154 g/mol. The number of aliphatic hydroxyl groups is 1. The lowest BCUT2D eigenvalue weighted by Crippen LogP contribution is -2.13. The number of rotatable bonds is 3. The first-order chi connectivity index (χ1) is 4.92. The SMILES string of the molecule is CC(C)=CC/C=C/C(C)(C)O. The van der Waals surface area contributed by atoms with E-state index in [1.54, 1.807) is 13.8 Å². The summed E-state index contributed by atoms with van der Waals surface area (Å²) in [4.78, 5) is 0. The zero-order chi connectivity index (χ0) is 8.91. The van der Waals surface area contributed by atoms with Crippen molar-refractivity contribution < 1.29 is 5.11 Å². The Kier molecular flexibility index (Phi) is 4.12. The first-order valence-electron chi connectivity index (χ1n) is 3.95. The molecule has 64 valence electrons. The minimum atomic E-state index is -0.671. The van der Waals surface area contributed by atoms with Gasteiger partial charge < -0.3 is 5.11 Å². The Morgan fingerprint density at radius 3 is 2.27 bits per heavy atom. The van der Waals surface area contributed by atoms with E-state index in [9.17, 15) is 5.11 Å². The van der Waals surface area contributed by atoms with E-state index in [-0.39, 0.29) is 0 Å². The molecule has 0 atom stereocenters. The highest BCUT2D eigenvalue weighted by molar-refractivity contribution is 5.02. The molecule has 0 amide bonds. The average Bonchev–Trinajstić information content (AvgIpc) is 1.78. The quantitative estimate of drug-likeness (QED) is 0.620. The third-order valence-electron chi connectivity index (χ3n) is 1.19. The van der Waals surface area contributed by atoms with Crippen LogP contribution in [0.3, 0.4) is 0 Å². The summed E-state index contributed by atoms with van der Waals surface area (Å²) in [6.07, 6.45) is 6.83. The molecule has 1 nitrogen and oxygen atoms in total. The van der Waals surface area contributed by atoms with Crippen LogP contribution in [-0.2, 0) is 0 Å². The highest BCUT2D eigenvalue weighted by atomic mass is 16.3. The lowest BCUT2D eigenvalue weighted by molar-refractivity contribution is 0.133. The molecule has 0 aliphatic heterocycles. The van der Waals surface area contributed by atoms with Crippen LogP contribution in [0.25, 0.3) is 0 Å². The molecule has 0 heterocycles. The third kappa shape index (κ3) is 9.44. The van der Waals surface area contributed by atoms with Crippen molar-refractivity contribution in [2.75, 3.05) is 0 Å². The van der Waals surface area contributed by atoms with Crippen LogP contribution in [0.5, 0.6) is 0 Å². The molecular formula is C10H18O. The molecule has 0 fully saturated rings. The first-order valence-corrected chi connectivity index (χ1v) is 3.95. The van der Waals surface area contributed by atoms with Gasteiger partial charge in [0.1, 0.15) is 0 Å². The summed E-state index contributed by atoms with van der Waals surface area (Å²) >= 11 is 0. The predicted molar refractivity (Wildman–Crippen MR) is 49.5 cm³/mol. The maximum Gasteiger partial charge on any atom is 0.0771 e. The third-order valence-corrected chi connectivity index (χ3v) is 1.19. The van der Waals surface area contributed by atoms with Gasteiger partial charge in [-0.1, -0.05) is 23.8 Å². The van der Waals surface area contributed by atoms with Crippen molar-refractivity contribution in [2.45, 2.75) is 39.7 Å². The van der Waals surface area contributed by atoms with Crippen LogP contribution in [0.1, 0.15) is 34.1 Å². The molecule has 0 saturated carbocycles. The fourth-order valence-electron chi connectivity index (χ4n) is 0.660. The second kappa shape index (κ2) is 4.35. The Morgan fingerprint density at radius 1 is 1.36 bits per heavy atom. The maximum atomic E-state index is 9.28. The lowest BCUT2D eigenvalue weighted by atomic mass is 10.1. The topological polar surface area (TPSA) is 20.2 Å². The standard InChI is InChI=1S/C10H18O/c1-9(2)7-5-6-8-10(3,4)11/h6-8,11H,5H2,1-4H3/b8-6+. The van der Waals surface area contributed by atoms with Crippen LogP contribution in [0.15, 0.2) is 23.8 Å². The number of hydrogen-bond acceptors (Lipinski definition) is 1. The summed E-state index contributed by atoms with van der Waals surface area (Å²) in [6, 6.07) is 0. The summed E-state index contributed by atoms with van der Waals surface area (Å²) in [5.41, 5.74) is 0.639. The molecule has 0 aliphatic carbocycles. The Morgan fingerprint density at radius 2 is 1.91 bits per heavy atom. The summed E-state index contributed by atoms with van der Waals surface area (Å²) in [7, 11) is 0. The van der Waals surface area contributed by atoms with Crippen LogP contribution < -0.4 is 0 Å². The van der Waals surface area contributed by atoms with Gasteiger partial charge in [-0.3, -0.25) is 0 Å². The Labute approximate surface area is 69.4 Å². The Hall–Kier alpha value is -0.560. The minimum Gasteiger partial charge on any atom is -0.386 e. The highest BCUT2D eigenvalue weighted by Crippen LogP contribution is 2.03. The van der Waals surface area contributed by atoms with E-state index in [2.05, 4.69) is 19.9 Å². The fourth-order valence-corrected chi connectivity index (χ4v) is 0.660. The smallest absolute Gasteiger partial charge is 0.0771 e. The Balaban J connectivity index is 3.71. The predicted octanol–water partition coefficient (Wildman–Crippen LogP) is 2.67. The van der Waals surface area contributed by atoms with Gasteiger partial charge in [0.25, 0.3) is 0 Å². The van der Waals surface area contributed by atoms with E-state index >= 15 is 0 Å². The van der Waals surface area contributed by atoms with E-state index in [1.165, 1.54) is 5.57 Å². The average molecular weight is 154 g/mol. The molecule has 0 aromatic rings. The molecule has 11 heavy (non-hydrogen) atoms. The van der Waals surface area contributed by atoms with Crippen molar-refractivity contribution in [1.29, 1.82) is 0 Å². The largest absolute Gasteiger partial charge is 0.386 e. The van der Waals surface area contributed by atoms with Gasteiger partial charge in [-0.25, -0.2) is 0 Å². The van der Waals surface area contributed by atoms with Crippen molar-refractivity contribution in [2.24, 2.45) is 0 Å². The Bertz CT molecular complexity index is 154. The second-order valence-electron chi connectivity index (χ2n) is 3.57. The second-order valence-corrected chi connectivity index (χ2v) is 3.57. The van der Waals surface area contributed by atoms with Gasteiger partial charge in [0.05, 0.1) is 5.60 Å². The first kappa shape index (κ1) is 10.4. The van der Waals surface area contributed by atoms with Crippen LogP contribution >= 0.6 is 0 Å². The van der Waals surface area contributed by atoms with Gasteiger partial charge in [0.2, 0.25) is 0 Å². The van der Waals surface area contributed by atoms with E-state index < -0.39 is 5.60 Å². The van der Waals surface area contributed by atoms with Crippen LogP contribution in [0, 0.1) is 0 Å². The molecule has 0 spiro atoms. The fraction of sp³-hybridized carbons (Fsp3) is 0.600. The van der Waals surface area contributed by atoms with Crippen LogP contribution in [0.4, 0.5) is 0 Å². The number of allylic oxidation sites excluding steroid dienone is 3. The minimum absolute atomic E-state index is 0.671. The molecule has 1 heteroatoms. The molecule has 0 rings (SSSR count). The van der Waals surface area contributed by atoms with E-state index in [1.807, 2.05) is 12.2 Å². The maximum absolute atomic E-state index is 9.28. The molecule has 0 saturated heterocycles. The zero-order valence-corrected chi connectivity index (χ0v) is 7.89. The summed E-state index contributed by atoms with van der Waals surface area (Å²) in [6.45, 7) is 7.67.